The van der Waals surface area contributed by atoms with Gasteiger partial charge in [-0.25, -0.2) is 12.8 Å². The third kappa shape index (κ3) is 7.21. The number of sulfonamides is 1. The van der Waals surface area contributed by atoms with Crippen LogP contribution in [0.15, 0.2) is 76.7 Å². The number of piperazine rings is 1. The maximum atomic E-state index is 15.4. The molecule has 2 aromatic carbocycles. The van der Waals surface area contributed by atoms with Crippen molar-refractivity contribution in [2.75, 3.05) is 18.4 Å². The number of hydrogen-bond donors (Lipinski definition) is 3. The number of carbonyl (C=O) groups is 1. The van der Waals surface area contributed by atoms with Gasteiger partial charge in [0, 0.05) is 46.9 Å². The molecule has 8 nitrogen and oxygen atoms in total. The summed E-state index contributed by atoms with van der Waals surface area (Å²) in [5.41, 5.74) is 6.93. The Morgan fingerprint density at radius 1 is 1.13 bits per heavy atom. The highest BCUT2D eigenvalue weighted by Crippen LogP contribution is 2.48. The zero-order chi connectivity index (χ0) is 32.4. The van der Waals surface area contributed by atoms with E-state index in [0.29, 0.717) is 55.1 Å². The third-order valence-electron chi connectivity index (χ3n) is 9.53. The fourth-order valence-electron chi connectivity index (χ4n) is 7.54. The molecule has 0 aromatic heterocycles. The number of carbonyl (C=O) groups excluding carboxylic acids is 1. The molecule has 45 heavy (non-hydrogen) atoms. The molecule has 4 N–H and O–H groups in total. The summed E-state index contributed by atoms with van der Waals surface area (Å²) >= 11 is 6.23. The molecule has 7 atom stereocenters. The molecule has 2 aromatic rings. The SMILES string of the molecule is C[C@@H]1CC(C2C=CC(Cl)=CC2)([C@H](N)C(=O)Nc2cccc(F)c2CC[C@H]2CNC[C@@H](C)N2S(=O)(=O)c2ccccc2)C[C@H](C)O1. The average Bonchev–Trinajstić information content (AvgIpc) is 3.00. The van der Waals surface area contributed by atoms with Gasteiger partial charge in [0.15, 0.2) is 0 Å². The second kappa shape index (κ2) is 14.0. The number of ether oxygens (including phenoxy) is 1. The van der Waals surface area contributed by atoms with Gasteiger partial charge in [0.1, 0.15) is 5.82 Å². The van der Waals surface area contributed by atoms with Gasteiger partial charge in [-0.05, 0) is 89.1 Å². The smallest absolute Gasteiger partial charge is 0.243 e. The van der Waals surface area contributed by atoms with Crippen LogP contribution in [0.5, 0.6) is 0 Å². The first-order chi connectivity index (χ1) is 21.4. The molecule has 5 rings (SSSR count). The number of benzene rings is 2. The van der Waals surface area contributed by atoms with Crippen LogP contribution in [0.25, 0.3) is 0 Å². The van der Waals surface area contributed by atoms with Crippen molar-refractivity contribution in [2.24, 2.45) is 17.1 Å². The number of nitrogens with one attached hydrogen (secondary N) is 2. The van der Waals surface area contributed by atoms with Crippen molar-refractivity contribution in [3.8, 4) is 0 Å². The van der Waals surface area contributed by atoms with E-state index in [2.05, 4.69) is 10.6 Å². The van der Waals surface area contributed by atoms with Crippen molar-refractivity contribution in [1.82, 2.24) is 9.62 Å². The molecule has 2 fully saturated rings. The van der Waals surface area contributed by atoms with Crippen molar-refractivity contribution in [3.63, 3.8) is 0 Å². The molecule has 0 spiro atoms. The maximum absolute atomic E-state index is 15.4. The van der Waals surface area contributed by atoms with Crippen LogP contribution in [0.2, 0.25) is 0 Å². The number of amides is 1. The summed E-state index contributed by atoms with van der Waals surface area (Å²) in [6.45, 7) is 6.82. The summed E-state index contributed by atoms with van der Waals surface area (Å²) < 4.78 is 50.4. The highest BCUT2D eigenvalue weighted by molar-refractivity contribution is 7.89. The van der Waals surface area contributed by atoms with E-state index in [1.807, 2.05) is 39.0 Å². The molecule has 1 aliphatic carbocycles. The van der Waals surface area contributed by atoms with Crippen LogP contribution in [-0.2, 0) is 26.0 Å². The lowest BCUT2D eigenvalue weighted by Crippen LogP contribution is -2.58. The Hall–Kier alpha value is -2.60. The predicted molar refractivity (Wildman–Crippen MR) is 176 cm³/mol. The first kappa shape index (κ1) is 33.8. The maximum Gasteiger partial charge on any atom is 0.243 e. The fourth-order valence-corrected chi connectivity index (χ4v) is 9.57. The minimum absolute atomic E-state index is 0.0140. The number of anilines is 1. The summed E-state index contributed by atoms with van der Waals surface area (Å²) in [7, 11) is -3.77. The molecule has 2 saturated heterocycles. The van der Waals surface area contributed by atoms with Gasteiger partial charge in [0.2, 0.25) is 15.9 Å². The number of halogens is 2. The van der Waals surface area contributed by atoms with Crippen molar-refractivity contribution in [1.29, 1.82) is 0 Å². The van der Waals surface area contributed by atoms with E-state index in [4.69, 9.17) is 22.1 Å². The van der Waals surface area contributed by atoms with Gasteiger partial charge in [-0.3, -0.25) is 4.79 Å². The molecule has 11 heteroatoms. The van der Waals surface area contributed by atoms with Gasteiger partial charge >= 0.3 is 0 Å². The summed E-state index contributed by atoms with van der Waals surface area (Å²) in [6.07, 6.45) is 8.12. The van der Waals surface area contributed by atoms with Gasteiger partial charge in [0.25, 0.3) is 0 Å². The quantitative estimate of drug-likeness (QED) is 0.335. The number of allylic oxidation sites excluding steroid dienone is 4. The molecular weight excluding hydrogens is 615 g/mol. The van der Waals surface area contributed by atoms with E-state index in [-0.39, 0.29) is 35.5 Å². The molecule has 2 unspecified atom stereocenters. The lowest BCUT2D eigenvalue weighted by Gasteiger charge is -2.50. The highest BCUT2D eigenvalue weighted by Gasteiger charge is 2.50. The molecule has 2 heterocycles. The van der Waals surface area contributed by atoms with Gasteiger partial charge in [0.05, 0.1) is 23.1 Å². The lowest BCUT2D eigenvalue weighted by atomic mass is 9.61. The Morgan fingerprint density at radius 3 is 2.51 bits per heavy atom. The standard InChI is InChI=1S/C34H44ClFN4O4S/c1-22-20-38-21-27(40(22)45(42,43)28-8-5-4-6-9-28)16-17-29-30(36)10-7-11-31(29)39-33(41)32(37)34(18-23(2)44-24(3)19-34)25-12-14-26(35)15-13-25/h4-12,14-15,22-25,27,32,38H,13,16-21,37H2,1-3H3,(H,39,41)/t22-,23-,24+,25?,27+,32-,34?/m1/s1. The van der Waals surface area contributed by atoms with E-state index in [0.717, 1.165) is 0 Å². The summed E-state index contributed by atoms with van der Waals surface area (Å²) in [5, 5.41) is 6.94. The van der Waals surface area contributed by atoms with Gasteiger partial charge in [-0.2, -0.15) is 4.31 Å². The lowest BCUT2D eigenvalue weighted by molar-refractivity contribution is -0.134. The van der Waals surface area contributed by atoms with Crippen LogP contribution in [0.3, 0.4) is 0 Å². The minimum atomic E-state index is -3.77. The number of rotatable bonds is 9. The first-order valence-electron chi connectivity index (χ1n) is 15.7. The zero-order valence-electron chi connectivity index (χ0n) is 26.1. The largest absolute Gasteiger partial charge is 0.376 e. The van der Waals surface area contributed by atoms with Crippen LogP contribution in [-0.4, -0.2) is 62.1 Å². The normalized spacial score (nSPS) is 30.0. The molecule has 0 saturated carbocycles. The monoisotopic (exact) mass is 658 g/mol. The average molecular weight is 659 g/mol. The highest BCUT2D eigenvalue weighted by atomic mass is 35.5. The van der Waals surface area contributed by atoms with E-state index < -0.39 is 39.2 Å². The molecule has 244 valence electrons. The number of nitrogens with zero attached hydrogens (tertiary/aromatic N) is 1. The van der Waals surface area contributed by atoms with Crippen molar-refractivity contribution < 1.29 is 22.3 Å². The Morgan fingerprint density at radius 2 is 1.84 bits per heavy atom. The zero-order valence-corrected chi connectivity index (χ0v) is 27.7. The summed E-state index contributed by atoms with van der Waals surface area (Å²) in [6, 6.07) is 11.4. The Bertz CT molecular complexity index is 1530. The van der Waals surface area contributed by atoms with Crippen molar-refractivity contribution in [3.05, 3.63) is 83.2 Å². The topological polar surface area (TPSA) is 114 Å². The van der Waals surface area contributed by atoms with Crippen molar-refractivity contribution in [2.45, 2.75) is 88.1 Å². The number of nitrogens with two attached hydrogens (primary N) is 1. The second-order valence-corrected chi connectivity index (χ2v) is 15.0. The molecule has 0 bridgehead atoms. The van der Waals surface area contributed by atoms with Crippen LogP contribution < -0.4 is 16.4 Å². The van der Waals surface area contributed by atoms with Gasteiger partial charge < -0.3 is 21.1 Å². The second-order valence-electron chi connectivity index (χ2n) is 12.8. The van der Waals surface area contributed by atoms with E-state index in [1.165, 1.54) is 6.07 Å². The van der Waals surface area contributed by atoms with Gasteiger partial charge in [-0.1, -0.05) is 48.0 Å². The van der Waals surface area contributed by atoms with Crippen LogP contribution in [0.1, 0.15) is 52.0 Å². The van der Waals surface area contributed by atoms with Crippen molar-refractivity contribution >= 4 is 33.2 Å². The molecular formula is C34H44ClFN4O4S. The Labute approximate surface area is 271 Å². The molecule has 0 radical (unpaired) electrons. The van der Waals surface area contributed by atoms with Crippen LogP contribution in [0, 0.1) is 17.2 Å². The first-order valence-corrected chi connectivity index (χ1v) is 17.6. The van der Waals surface area contributed by atoms with E-state index in [1.54, 1.807) is 46.8 Å². The molecule has 3 aliphatic rings. The Balaban J connectivity index is 1.37. The summed E-state index contributed by atoms with van der Waals surface area (Å²) in [4.78, 5) is 14.2. The third-order valence-corrected chi connectivity index (χ3v) is 11.9. The van der Waals surface area contributed by atoms with E-state index in [9.17, 15) is 13.2 Å². The fraction of sp³-hybridized carbons (Fsp3) is 0.500. The van der Waals surface area contributed by atoms with E-state index >= 15 is 4.39 Å². The van der Waals surface area contributed by atoms with Crippen LogP contribution >= 0.6 is 11.6 Å². The molecule has 2 aliphatic heterocycles. The predicted octanol–water partition coefficient (Wildman–Crippen LogP) is 5.35. The minimum Gasteiger partial charge on any atom is -0.376 e. The number of hydrogen-bond acceptors (Lipinski definition) is 6. The summed E-state index contributed by atoms with van der Waals surface area (Å²) in [5.74, 6) is -0.869. The van der Waals surface area contributed by atoms with Gasteiger partial charge in [-0.15, -0.1) is 0 Å². The van der Waals surface area contributed by atoms with Crippen LogP contribution in [0.4, 0.5) is 10.1 Å². The Kier molecular flexibility index (Phi) is 10.5. The molecule has 1 amide bonds.